The molecule has 0 aliphatic rings. The van der Waals surface area contributed by atoms with E-state index in [1.54, 1.807) is 18.2 Å². The molecular weight excluding hydrogens is 332 g/mol. The Bertz CT molecular complexity index is 871. The van der Waals surface area contributed by atoms with E-state index in [4.69, 9.17) is 13.9 Å². The van der Waals surface area contributed by atoms with Gasteiger partial charge in [0.2, 0.25) is 0 Å². The number of para-hydroxylation sites is 1. The largest absolute Gasteiger partial charge is 0.457 e. The summed E-state index contributed by atoms with van der Waals surface area (Å²) in [5, 5.41) is 4.11. The summed E-state index contributed by atoms with van der Waals surface area (Å²) in [6.07, 6.45) is 4.30. The number of rotatable bonds is 9. The molecular formula is C20H22N2O4. The second-order valence-corrected chi connectivity index (χ2v) is 5.87. The highest BCUT2D eigenvalue weighted by Crippen LogP contribution is 2.23. The molecule has 0 aliphatic heterocycles. The predicted octanol–water partition coefficient (Wildman–Crippen LogP) is 4.58. The highest BCUT2D eigenvalue weighted by atomic mass is 16.6. The van der Waals surface area contributed by atoms with Gasteiger partial charge in [0.25, 0.3) is 0 Å². The molecule has 0 bridgehead atoms. The average Bonchev–Trinajstić information content (AvgIpc) is 3.03. The molecule has 6 nitrogen and oxygen atoms in total. The molecule has 0 radical (unpaired) electrons. The highest BCUT2D eigenvalue weighted by Gasteiger charge is 2.12. The molecule has 2 aromatic carbocycles. The molecule has 3 aromatic rings. The molecule has 136 valence electrons. The molecule has 0 fully saturated rings. The van der Waals surface area contributed by atoms with Crippen LogP contribution in [0.5, 0.6) is 17.6 Å². The Labute approximate surface area is 152 Å². The lowest BCUT2D eigenvalue weighted by molar-refractivity contribution is 0.219. The molecule has 0 spiro atoms. The Morgan fingerprint density at radius 1 is 1.00 bits per heavy atom. The fraction of sp³-hybridized carbons (Fsp3) is 0.300. The summed E-state index contributed by atoms with van der Waals surface area (Å²) < 4.78 is 17.4. The van der Waals surface area contributed by atoms with Crippen molar-refractivity contribution in [3.05, 3.63) is 65.1 Å². The SMILES string of the molecule is CCCCCCOc1nn(-c2cccc(Oc3ccccc3)c2)c(=O)o1. The van der Waals surface area contributed by atoms with Crippen molar-refractivity contribution in [2.24, 2.45) is 0 Å². The van der Waals surface area contributed by atoms with Crippen LogP contribution in [0.1, 0.15) is 32.6 Å². The number of unbranched alkanes of at least 4 members (excludes halogenated alkanes) is 3. The van der Waals surface area contributed by atoms with Gasteiger partial charge in [-0.2, -0.15) is 4.68 Å². The van der Waals surface area contributed by atoms with Crippen LogP contribution in [0.4, 0.5) is 0 Å². The van der Waals surface area contributed by atoms with E-state index >= 15 is 0 Å². The quantitative estimate of drug-likeness (QED) is 0.526. The van der Waals surface area contributed by atoms with Gasteiger partial charge in [0.15, 0.2) is 0 Å². The van der Waals surface area contributed by atoms with Crippen molar-refractivity contribution in [2.75, 3.05) is 6.61 Å². The Hall–Kier alpha value is -3.02. The van der Waals surface area contributed by atoms with E-state index in [-0.39, 0.29) is 6.08 Å². The first kappa shape index (κ1) is 17.8. The van der Waals surface area contributed by atoms with E-state index < -0.39 is 5.76 Å². The number of benzene rings is 2. The molecule has 6 heteroatoms. The van der Waals surface area contributed by atoms with Gasteiger partial charge in [0.05, 0.1) is 12.3 Å². The van der Waals surface area contributed by atoms with Crippen LogP contribution in [0.15, 0.2) is 63.8 Å². The van der Waals surface area contributed by atoms with Crippen LogP contribution in [0.3, 0.4) is 0 Å². The van der Waals surface area contributed by atoms with Crippen LogP contribution in [0.25, 0.3) is 5.69 Å². The predicted molar refractivity (Wildman–Crippen MR) is 98.3 cm³/mol. The van der Waals surface area contributed by atoms with Crippen LogP contribution in [0.2, 0.25) is 0 Å². The first-order chi connectivity index (χ1) is 12.8. The first-order valence-corrected chi connectivity index (χ1v) is 8.82. The lowest BCUT2D eigenvalue weighted by Crippen LogP contribution is -2.13. The molecule has 1 aromatic heterocycles. The number of ether oxygens (including phenoxy) is 2. The second-order valence-electron chi connectivity index (χ2n) is 5.87. The minimum atomic E-state index is -0.592. The number of nitrogens with zero attached hydrogens (tertiary/aromatic N) is 2. The van der Waals surface area contributed by atoms with E-state index in [9.17, 15) is 4.79 Å². The Morgan fingerprint density at radius 3 is 2.62 bits per heavy atom. The van der Waals surface area contributed by atoms with Crippen molar-refractivity contribution >= 4 is 0 Å². The van der Waals surface area contributed by atoms with Crippen LogP contribution in [-0.4, -0.2) is 16.4 Å². The van der Waals surface area contributed by atoms with E-state index in [1.165, 1.54) is 4.68 Å². The third-order valence-corrected chi connectivity index (χ3v) is 3.79. The van der Waals surface area contributed by atoms with Crippen molar-refractivity contribution in [1.29, 1.82) is 0 Å². The molecule has 0 saturated carbocycles. The second kappa shape index (κ2) is 8.89. The summed E-state index contributed by atoms with van der Waals surface area (Å²) in [5.41, 5.74) is 0.549. The zero-order valence-electron chi connectivity index (χ0n) is 14.8. The van der Waals surface area contributed by atoms with Crippen LogP contribution >= 0.6 is 0 Å². The summed E-state index contributed by atoms with van der Waals surface area (Å²) in [7, 11) is 0. The van der Waals surface area contributed by atoms with Gasteiger partial charge < -0.3 is 13.9 Å². The molecule has 0 N–H and O–H groups in total. The van der Waals surface area contributed by atoms with Gasteiger partial charge in [0.1, 0.15) is 11.5 Å². The van der Waals surface area contributed by atoms with Crippen LogP contribution < -0.4 is 15.2 Å². The van der Waals surface area contributed by atoms with Gasteiger partial charge in [-0.25, -0.2) is 4.79 Å². The number of hydrogen-bond donors (Lipinski definition) is 0. The summed E-state index contributed by atoms with van der Waals surface area (Å²) in [4.78, 5) is 12.1. The molecule has 26 heavy (non-hydrogen) atoms. The maximum absolute atomic E-state index is 12.1. The monoisotopic (exact) mass is 354 g/mol. The standard InChI is InChI=1S/C20H22N2O4/c1-2-3-4-8-14-24-19-21-22(20(23)26-19)16-10-9-13-18(15-16)25-17-11-6-5-7-12-17/h5-7,9-13,15H,2-4,8,14H2,1H3. The normalized spacial score (nSPS) is 10.7. The summed E-state index contributed by atoms with van der Waals surface area (Å²) >= 11 is 0. The maximum atomic E-state index is 12.1. The molecule has 3 rings (SSSR count). The summed E-state index contributed by atoms with van der Waals surface area (Å²) in [6.45, 7) is 2.63. The minimum absolute atomic E-state index is 0.0131. The van der Waals surface area contributed by atoms with Gasteiger partial charge in [-0.3, -0.25) is 0 Å². The van der Waals surface area contributed by atoms with Gasteiger partial charge in [-0.05, 0) is 30.7 Å². The van der Waals surface area contributed by atoms with Crippen molar-refractivity contribution < 1.29 is 13.9 Å². The molecule has 0 aliphatic carbocycles. The Morgan fingerprint density at radius 2 is 1.81 bits per heavy atom. The maximum Gasteiger partial charge on any atom is 0.444 e. The van der Waals surface area contributed by atoms with Gasteiger partial charge >= 0.3 is 11.8 Å². The highest BCUT2D eigenvalue weighted by molar-refractivity contribution is 5.40. The van der Waals surface area contributed by atoms with Gasteiger partial charge in [-0.15, -0.1) is 0 Å². The Kier molecular flexibility index (Phi) is 6.09. The van der Waals surface area contributed by atoms with E-state index in [1.807, 2.05) is 36.4 Å². The van der Waals surface area contributed by atoms with E-state index in [2.05, 4.69) is 12.0 Å². The number of aromatic nitrogens is 2. The molecule has 0 unspecified atom stereocenters. The zero-order valence-corrected chi connectivity index (χ0v) is 14.8. The average molecular weight is 354 g/mol. The smallest absolute Gasteiger partial charge is 0.444 e. The molecule has 0 saturated heterocycles. The van der Waals surface area contributed by atoms with Gasteiger partial charge in [-0.1, -0.05) is 55.6 Å². The third-order valence-electron chi connectivity index (χ3n) is 3.79. The topological polar surface area (TPSA) is 66.5 Å². The van der Waals surface area contributed by atoms with Crippen molar-refractivity contribution in [2.45, 2.75) is 32.6 Å². The molecule has 0 amide bonds. The molecule has 1 heterocycles. The summed E-state index contributed by atoms with van der Waals surface area (Å²) in [5.74, 6) is 0.726. The zero-order chi connectivity index (χ0) is 18.2. The fourth-order valence-electron chi connectivity index (χ4n) is 2.47. The first-order valence-electron chi connectivity index (χ1n) is 8.82. The third kappa shape index (κ3) is 4.75. The van der Waals surface area contributed by atoms with Crippen LogP contribution in [0, 0.1) is 0 Å². The van der Waals surface area contributed by atoms with Crippen molar-refractivity contribution in [1.82, 2.24) is 9.78 Å². The van der Waals surface area contributed by atoms with E-state index in [0.29, 0.717) is 23.8 Å². The lowest BCUT2D eigenvalue weighted by Gasteiger charge is -2.06. The summed E-state index contributed by atoms with van der Waals surface area (Å²) in [6, 6.07) is 16.5. The Balaban J connectivity index is 1.69. The van der Waals surface area contributed by atoms with Crippen LogP contribution in [-0.2, 0) is 0 Å². The van der Waals surface area contributed by atoms with Crippen molar-refractivity contribution in [3.8, 4) is 23.3 Å². The minimum Gasteiger partial charge on any atom is -0.457 e. The lowest BCUT2D eigenvalue weighted by atomic mass is 10.2. The van der Waals surface area contributed by atoms with E-state index in [0.717, 1.165) is 25.7 Å². The molecule has 0 atom stereocenters. The van der Waals surface area contributed by atoms with Gasteiger partial charge in [0, 0.05) is 6.07 Å². The number of hydrogen-bond acceptors (Lipinski definition) is 5. The van der Waals surface area contributed by atoms with Crippen molar-refractivity contribution in [3.63, 3.8) is 0 Å². The fourth-order valence-corrected chi connectivity index (χ4v) is 2.47.